The van der Waals surface area contributed by atoms with Crippen LogP contribution in [0.15, 0.2) is 18.3 Å². The van der Waals surface area contributed by atoms with E-state index in [4.69, 9.17) is 5.73 Å². The highest BCUT2D eigenvalue weighted by atomic mass is 15.2. The van der Waals surface area contributed by atoms with E-state index in [1.165, 1.54) is 64.0 Å². The number of rotatable bonds is 4. The molecule has 0 radical (unpaired) electrons. The Bertz CT molecular complexity index is 403. The predicted octanol–water partition coefficient (Wildman–Crippen LogP) is 1.97. The van der Waals surface area contributed by atoms with Crippen LogP contribution in [0.5, 0.6) is 0 Å². The molecule has 4 nitrogen and oxygen atoms in total. The molecule has 0 atom stereocenters. The summed E-state index contributed by atoms with van der Waals surface area (Å²) in [5, 5.41) is 0. The Labute approximate surface area is 122 Å². The highest BCUT2D eigenvalue weighted by Crippen LogP contribution is 2.21. The Morgan fingerprint density at radius 2 is 1.80 bits per heavy atom. The summed E-state index contributed by atoms with van der Waals surface area (Å²) in [4.78, 5) is 9.38. The van der Waals surface area contributed by atoms with Crippen LogP contribution in [-0.2, 0) is 6.54 Å². The molecule has 0 aliphatic carbocycles. The van der Waals surface area contributed by atoms with Crippen molar-refractivity contribution < 1.29 is 0 Å². The lowest BCUT2D eigenvalue weighted by Gasteiger charge is -2.33. The predicted molar refractivity (Wildman–Crippen MR) is 82.3 cm³/mol. The molecular formula is C16H26N4. The number of anilines is 1. The number of pyridine rings is 1. The number of hydrogen-bond donors (Lipinski definition) is 1. The second kappa shape index (κ2) is 6.55. The van der Waals surface area contributed by atoms with Crippen LogP contribution in [-0.4, -0.2) is 47.5 Å². The molecule has 2 aliphatic heterocycles. The monoisotopic (exact) mass is 274 g/mol. The molecule has 3 rings (SSSR count). The van der Waals surface area contributed by atoms with Gasteiger partial charge in [0.1, 0.15) is 5.82 Å². The number of nitrogen functional groups attached to an aromatic ring is 1. The van der Waals surface area contributed by atoms with Crippen LogP contribution >= 0.6 is 0 Å². The van der Waals surface area contributed by atoms with Crippen molar-refractivity contribution in [2.45, 2.75) is 32.2 Å². The fourth-order valence-corrected chi connectivity index (χ4v) is 3.45. The number of aromatic nitrogens is 1. The normalized spacial score (nSPS) is 22.4. The molecule has 3 heterocycles. The van der Waals surface area contributed by atoms with Crippen LogP contribution < -0.4 is 5.73 Å². The van der Waals surface area contributed by atoms with Crippen LogP contribution in [0.2, 0.25) is 0 Å². The molecule has 0 saturated carbocycles. The van der Waals surface area contributed by atoms with E-state index in [0.717, 1.165) is 12.5 Å². The van der Waals surface area contributed by atoms with E-state index in [0.29, 0.717) is 5.82 Å². The third-order valence-corrected chi connectivity index (χ3v) is 4.68. The molecule has 0 amide bonds. The first kappa shape index (κ1) is 13.8. The van der Waals surface area contributed by atoms with Crippen molar-refractivity contribution in [2.24, 2.45) is 5.92 Å². The van der Waals surface area contributed by atoms with Crippen molar-refractivity contribution in [3.8, 4) is 0 Å². The van der Waals surface area contributed by atoms with E-state index >= 15 is 0 Å². The third-order valence-electron chi connectivity index (χ3n) is 4.68. The van der Waals surface area contributed by atoms with Crippen molar-refractivity contribution in [1.82, 2.24) is 14.8 Å². The first-order chi connectivity index (χ1) is 9.79. The molecule has 110 valence electrons. The van der Waals surface area contributed by atoms with E-state index in [9.17, 15) is 0 Å². The molecule has 0 spiro atoms. The minimum absolute atomic E-state index is 0.609. The molecular weight excluding hydrogens is 248 g/mol. The summed E-state index contributed by atoms with van der Waals surface area (Å²) < 4.78 is 0. The average Bonchev–Trinajstić information content (AvgIpc) is 2.96. The quantitative estimate of drug-likeness (QED) is 0.912. The molecule has 1 aromatic rings. The summed E-state index contributed by atoms with van der Waals surface area (Å²) in [5.74, 6) is 1.52. The van der Waals surface area contributed by atoms with Crippen LogP contribution in [0.3, 0.4) is 0 Å². The Hall–Kier alpha value is -1.13. The molecule has 2 aliphatic rings. The molecule has 20 heavy (non-hydrogen) atoms. The Morgan fingerprint density at radius 3 is 2.45 bits per heavy atom. The summed E-state index contributed by atoms with van der Waals surface area (Å²) >= 11 is 0. The first-order valence-electron chi connectivity index (χ1n) is 7.95. The fourth-order valence-electron chi connectivity index (χ4n) is 3.45. The van der Waals surface area contributed by atoms with Gasteiger partial charge in [-0.25, -0.2) is 4.98 Å². The second-order valence-corrected chi connectivity index (χ2v) is 6.32. The second-order valence-electron chi connectivity index (χ2n) is 6.32. The van der Waals surface area contributed by atoms with Gasteiger partial charge in [0.15, 0.2) is 0 Å². The number of nitrogens with two attached hydrogens (primary N) is 1. The minimum Gasteiger partial charge on any atom is -0.384 e. The number of nitrogens with zero attached hydrogens (tertiary/aromatic N) is 3. The standard InChI is InChI=1S/C16H26N4/c17-16-4-3-15(11-18-16)13-20-9-5-14(6-10-20)12-19-7-1-2-8-19/h3-4,11,14H,1-2,5-10,12-13H2,(H2,17,18). The molecule has 0 aromatic carbocycles. The summed E-state index contributed by atoms with van der Waals surface area (Å²) in [5.41, 5.74) is 6.90. The summed E-state index contributed by atoms with van der Waals surface area (Å²) in [6.45, 7) is 7.46. The van der Waals surface area contributed by atoms with Gasteiger partial charge in [-0.15, -0.1) is 0 Å². The lowest BCUT2D eigenvalue weighted by molar-refractivity contribution is 0.149. The fraction of sp³-hybridized carbons (Fsp3) is 0.688. The number of piperidine rings is 1. The van der Waals surface area contributed by atoms with Crippen LogP contribution in [0, 0.1) is 5.92 Å². The van der Waals surface area contributed by atoms with Crippen LogP contribution in [0.1, 0.15) is 31.2 Å². The number of hydrogen-bond acceptors (Lipinski definition) is 4. The van der Waals surface area contributed by atoms with Gasteiger partial charge in [-0.2, -0.15) is 0 Å². The van der Waals surface area contributed by atoms with Gasteiger partial charge in [-0.1, -0.05) is 6.07 Å². The maximum absolute atomic E-state index is 5.63. The van der Waals surface area contributed by atoms with Gasteiger partial charge < -0.3 is 10.6 Å². The van der Waals surface area contributed by atoms with Crippen molar-refractivity contribution >= 4 is 5.82 Å². The Kier molecular flexibility index (Phi) is 4.53. The topological polar surface area (TPSA) is 45.4 Å². The van der Waals surface area contributed by atoms with Gasteiger partial charge in [0, 0.05) is 19.3 Å². The molecule has 2 N–H and O–H groups in total. The van der Waals surface area contributed by atoms with Gasteiger partial charge in [0.2, 0.25) is 0 Å². The Morgan fingerprint density at radius 1 is 1.05 bits per heavy atom. The van der Waals surface area contributed by atoms with E-state index in [1.807, 2.05) is 12.3 Å². The van der Waals surface area contributed by atoms with Crippen molar-refractivity contribution in [3.05, 3.63) is 23.9 Å². The zero-order valence-electron chi connectivity index (χ0n) is 12.3. The first-order valence-corrected chi connectivity index (χ1v) is 7.95. The highest BCUT2D eigenvalue weighted by molar-refractivity contribution is 5.29. The van der Waals surface area contributed by atoms with Crippen molar-refractivity contribution in [1.29, 1.82) is 0 Å². The smallest absolute Gasteiger partial charge is 0.123 e. The zero-order valence-corrected chi connectivity index (χ0v) is 12.3. The molecule has 0 bridgehead atoms. The van der Waals surface area contributed by atoms with E-state index in [-0.39, 0.29) is 0 Å². The van der Waals surface area contributed by atoms with Gasteiger partial charge in [-0.05, 0) is 69.4 Å². The zero-order chi connectivity index (χ0) is 13.8. The molecule has 0 unspecified atom stereocenters. The third kappa shape index (κ3) is 3.70. The van der Waals surface area contributed by atoms with E-state index < -0.39 is 0 Å². The Balaban J connectivity index is 1.42. The summed E-state index contributed by atoms with van der Waals surface area (Å²) in [7, 11) is 0. The molecule has 2 fully saturated rings. The van der Waals surface area contributed by atoms with Gasteiger partial charge in [0.25, 0.3) is 0 Å². The van der Waals surface area contributed by atoms with E-state index in [1.54, 1.807) is 0 Å². The lowest BCUT2D eigenvalue weighted by atomic mass is 9.96. The SMILES string of the molecule is Nc1ccc(CN2CCC(CN3CCCC3)CC2)cn1. The molecule has 1 aromatic heterocycles. The summed E-state index contributed by atoms with van der Waals surface area (Å²) in [6, 6.07) is 3.99. The van der Waals surface area contributed by atoms with Crippen LogP contribution in [0.25, 0.3) is 0 Å². The largest absolute Gasteiger partial charge is 0.384 e. The summed E-state index contributed by atoms with van der Waals surface area (Å²) in [6.07, 6.45) is 7.41. The van der Waals surface area contributed by atoms with Gasteiger partial charge in [-0.3, -0.25) is 4.90 Å². The molecule has 4 heteroatoms. The van der Waals surface area contributed by atoms with Gasteiger partial charge in [0.05, 0.1) is 0 Å². The molecule has 2 saturated heterocycles. The lowest BCUT2D eigenvalue weighted by Crippen LogP contribution is -2.37. The van der Waals surface area contributed by atoms with Crippen molar-refractivity contribution in [3.63, 3.8) is 0 Å². The van der Waals surface area contributed by atoms with E-state index in [2.05, 4.69) is 20.9 Å². The minimum atomic E-state index is 0.609. The average molecular weight is 274 g/mol. The highest BCUT2D eigenvalue weighted by Gasteiger charge is 2.22. The number of likely N-dealkylation sites (tertiary alicyclic amines) is 2. The maximum atomic E-state index is 5.63. The maximum Gasteiger partial charge on any atom is 0.123 e. The van der Waals surface area contributed by atoms with Crippen LogP contribution in [0.4, 0.5) is 5.82 Å². The van der Waals surface area contributed by atoms with Crippen molar-refractivity contribution in [2.75, 3.05) is 38.5 Å². The van der Waals surface area contributed by atoms with Gasteiger partial charge >= 0.3 is 0 Å².